The molecule has 1 aromatic carbocycles. The van der Waals surface area contributed by atoms with Crippen molar-refractivity contribution >= 4 is 27.3 Å². The Kier molecular flexibility index (Phi) is 8.18. The Hall–Kier alpha value is -1.97. The van der Waals surface area contributed by atoms with Gasteiger partial charge in [0.15, 0.2) is 5.96 Å². The molecule has 9 heteroatoms. The van der Waals surface area contributed by atoms with Gasteiger partial charge in [0.25, 0.3) is 0 Å². The smallest absolute Gasteiger partial charge is 0.241 e. The van der Waals surface area contributed by atoms with E-state index in [1.165, 1.54) is 4.88 Å². The molecule has 0 bridgehead atoms. The van der Waals surface area contributed by atoms with Gasteiger partial charge in [0.05, 0.1) is 16.4 Å². The first-order valence-electron chi connectivity index (χ1n) is 9.66. The van der Waals surface area contributed by atoms with Crippen LogP contribution in [0.5, 0.6) is 0 Å². The molecule has 2 rings (SSSR count). The number of aryl methyl sites for hydroxylation is 1. The van der Waals surface area contributed by atoms with Gasteiger partial charge in [-0.2, -0.15) is 0 Å². The Bertz CT molecular complexity index is 930. The molecule has 0 saturated heterocycles. The van der Waals surface area contributed by atoms with Crippen molar-refractivity contribution in [2.45, 2.75) is 58.0 Å². The van der Waals surface area contributed by atoms with Crippen molar-refractivity contribution in [1.82, 2.24) is 20.3 Å². The third-order valence-electron chi connectivity index (χ3n) is 3.75. The molecule has 0 saturated carbocycles. The van der Waals surface area contributed by atoms with Crippen LogP contribution in [-0.2, 0) is 23.0 Å². The zero-order valence-electron chi connectivity index (χ0n) is 17.7. The van der Waals surface area contributed by atoms with Crippen molar-refractivity contribution in [1.29, 1.82) is 0 Å². The first kappa shape index (κ1) is 23.3. The van der Waals surface area contributed by atoms with Crippen molar-refractivity contribution in [3.63, 3.8) is 0 Å². The summed E-state index contributed by atoms with van der Waals surface area (Å²) in [5.41, 5.74) is 0.0943. The summed E-state index contributed by atoms with van der Waals surface area (Å²) in [6, 6.07) is 6.96. The first-order valence-corrected chi connectivity index (χ1v) is 12.0. The van der Waals surface area contributed by atoms with Gasteiger partial charge < -0.3 is 10.6 Å². The average molecular weight is 438 g/mol. The summed E-state index contributed by atoms with van der Waals surface area (Å²) < 4.78 is 28.3. The Balaban J connectivity index is 2.10. The summed E-state index contributed by atoms with van der Waals surface area (Å²) in [4.78, 5) is 10.4. The minimum atomic E-state index is -3.63. The van der Waals surface area contributed by atoms with E-state index < -0.39 is 15.6 Å². The molecule has 1 aromatic heterocycles. The Labute approximate surface area is 178 Å². The number of thiazole rings is 1. The van der Waals surface area contributed by atoms with E-state index in [0.717, 1.165) is 11.4 Å². The maximum absolute atomic E-state index is 12.8. The molecule has 3 N–H and O–H groups in total. The van der Waals surface area contributed by atoms with Gasteiger partial charge in [-0.3, -0.25) is 0 Å². The second-order valence-corrected chi connectivity index (χ2v) is 10.7. The highest BCUT2D eigenvalue weighted by Crippen LogP contribution is 2.18. The molecule has 2 aromatic rings. The summed E-state index contributed by atoms with van der Waals surface area (Å²) in [5, 5.41) is 7.56. The fraction of sp³-hybridized carbons (Fsp3) is 0.500. The van der Waals surface area contributed by atoms with Gasteiger partial charge in [-0.25, -0.2) is 23.1 Å². The van der Waals surface area contributed by atoms with Crippen LogP contribution in [0.15, 0.2) is 40.4 Å². The van der Waals surface area contributed by atoms with Gasteiger partial charge in [-0.1, -0.05) is 18.2 Å². The van der Waals surface area contributed by atoms with Gasteiger partial charge in [-0.15, -0.1) is 11.3 Å². The number of aromatic nitrogens is 1. The fourth-order valence-electron chi connectivity index (χ4n) is 2.67. The van der Waals surface area contributed by atoms with Crippen molar-refractivity contribution < 1.29 is 8.42 Å². The number of nitrogens with zero attached hydrogens (tertiary/aromatic N) is 2. The minimum absolute atomic E-state index is 0.257. The van der Waals surface area contributed by atoms with Crippen LogP contribution in [0, 0.1) is 6.92 Å². The molecular formula is C20H31N5O2S2. The predicted octanol–water partition coefficient (Wildman–Crippen LogP) is 2.83. The summed E-state index contributed by atoms with van der Waals surface area (Å²) >= 11 is 1.69. The lowest BCUT2D eigenvalue weighted by Crippen LogP contribution is -2.41. The lowest BCUT2D eigenvalue weighted by molar-refractivity contribution is 0.491. The first-order chi connectivity index (χ1) is 13.6. The van der Waals surface area contributed by atoms with Crippen LogP contribution in [0.2, 0.25) is 0 Å². The topological polar surface area (TPSA) is 95.5 Å². The quantitative estimate of drug-likeness (QED) is 0.436. The van der Waals surface area contributed by atoms with E-state index in [2.05, 4.69) is 25.3 Å². The third-order valence-corrected chi connectivity index (χ3v) is 6.59. The molecule has 160 valence electrons. The standard InChI is InChI=1S/C20H31N5O2S2/c1-6-21-19(22-12-11-18-23-13-15(2)28-18)24-14-16-9-7-8-10-17(16)29(26,27)25-20(3,4)5/h7-10,13,25H,6,11-12,14H2,1-5H3,(H2,21,22,24). The molecule has 0 aliphatic heterocycles. The third kappa shape index (κ3) is 7.75. The van der Waals surface area contributed by atoms with Crippen molar-refractivity contribution in [3.05, 3.63) is 45.9 Å². The zero-order chi connectivity index (χ0) is 21.5. The van der Waals surface area contributed by atoms with Crippen molar-refractivity contribution in [2.75, 3.05) is 13.1 Å². The van der Waals surface area contributed by atoms with Gasteiger partial charge >= 0.3 is 0 Å². The number of benzene rings is 1. The Morgan fingerprint density at radius 1 is 1.21 bits per heavy atom. The fourth-order valence-corrected chi connectivity index (χ4v) is 5.10. The Morgan fingerprint density at radius 2 is 1.93 bits per heavy atom. The number of aliphatic imine (C=N–C) groups is 1. The van der Waals surface area contributed by atoms with Crippen LogP contribution in [-0.4, -0.2) is 38.0 Å². The number of sulfonamides is 1. The molecule has 0 aliphatic carbocycles. The van der Waals surface area contributed by atoms with Gasteiger partial charge in [0, 0.05) is 36.1 Å². The second-order valence-electron chi connectivity index (χ2n) is 7.70. The molecule has 7 nitrogen and oxygen atoms in total. The monoisotopic (exact) mass is 437 g/mol. The summed E-state index contributed by atoms with van der Waals surface area (Å²) in [5.74, 6) is 0.650. The van der Waals surface area contributed by atoms with Crippen LogP contribution >= 0.6 is 11.3 Å². The second kappa shape index (κ2) is 10.2. The SMILES string of the molecule is CCNC(=NCc1ccccc1S(=O)(=O)NC(C)(C)C)NCCc1ncc(C)s1. The molecule has 0 unspecified atom stereocenters. The number of rotatable bonds is 8. The van der Waals surface area contributed by atoms with E-state index in [9.17, 15) is 8.42 Å². The molecule has 0 radical (unpaired) electrons. The number of nitrogens with one attached hydrogen (secondary N) is 3. The average Bonchev–Trinajstić information content (AvgIpc) is 3.03. The van der Waals surface area contributed by atoms with Crippen LogP contribution in [0.25, 0.3) is 0 Å². The number of guanidine groups is 1. The van der Waals surface area contributed by atoms with Crippen molar-refractivity contribution in [2.24, 2.45) is 4.99 Å². The van der Waals surface area contributed by atoms with Crippen LogP contribution in [0.3, 0.4) is 0 Å². The molecular weight excluding hydrogens is 406 g/mol. The summed E-state index contributed by atoms with van der Waals surface area (Å²) in [6.45, 7) is 11.2. The molecule has 0 aliphatic rings. The van der Waals surface area contributed by atoms with E-state index in [1.54, 1.807) is 29.5 Å². The van der Waals surface area contributed by atoms with E-state index in [-0.39, 0.29) is 11.4 Å². The largest absolute Gasteiger partial charge is 0.357 e. The highest BCUT2D eigenvalue weighted by Gasteiger charge is 2.24. The van der Waals surface area contributed by atoms with Crippen molar-refractivity contribution in [3.8, 4) is 0 Å². The molecule has 0 fully saturated rings. The molecule has 0 spiro atoms. The highest BCUT2D eigenvalue weighted by atomic mass is 32.2. The predicted molar refractivity (Wildman–Crippen MR) is 120 cm³/mol. The van der Waals surface area contributed by atoms with Gasteiger partial charge in [0.1, 0.15) is 0 Å². The molecule has 0 atom stereocenters. The van der Waals surface area contributed by atoms with E-state index in [0.29, 0.717) is 24.6 Å². The van der Waals surface area contributed by atoms with Crippen LogP contribution in [0.1, 0.15) is 43.1 Å². The van der Waals surface area contributed by atoms with Crippen LogP contribution < -0.4 is 15.4 Å². The normalized spacial score (nSPS) is 12.8. The lowest BCUT2D eigenvalue weighted by atomic mass is 10.1. The van der Waals surface area contributed by atoms with Crippen LogP contribution in [0.4, 0.5) is 0 Å². The Morgan fingerprint density at radius 3 is 2.55 bits per heavy atom. The van der Waals surface area contributed by atoms with E-state index >= 15 is 0 Å². The molecule has 1 heterocycles. The number of hydrogen-bond donors (Lipinski definition) is 3. The van der Waals surface area contributed by atoms with Gasteiger partial charge in [0.2, 0.25) is 10.0 Å². The molecule has 0 amide bonds. The highest BCUT2D eigenvalue weighted by molar-refractivity contribution is 7.89. The van der Waals surface area contributed by atoms with Gasteiger partial charge in [-0.05, 0) is 46.2 Å². The van der Waals surface area contributed by atoms with E-state index in [1.807, 2.05) is 46.9 Å². The number of hydrogen-bond acceptors (Lipinski definition) is 5. The maximum Gasteiger partial charge on any atom is 0.241 e. The zero-order valence-corrected chi connectivity index (χ0v) is 19.4. The minimum Gasteiger partial charge on any atom is -0.357 e. The molecule has 29 heavy (non-hydrogen) atoms. The van der Waals surface area contributed by atoms with E-state index in [4.69, 9.17) is 0 Å². The summed E-state index contributed by atoms with van der Waals surface area (Å²) in [7, 11) is -3.63. The maximum atomic E-state index is 12.8. The summed E-state index contributed by atoms with van der Waals surface area (Å²) in [6.07, 6.45) is 2.69. The lowest BCUT2D eigenvalue weighted by Gasteiger charge is -2.21.